The first kappa shape index (κ1) is 20.2. The van der Waals surface area contributed by atoms with Crippen molar-refractivity contribution in [3.05, 3.63) is 47.2 Å². The summed E-state index contributed by atoms with van der Waals surface area (Å²) < 4.78 is 7.79. The van der Waals surface area contributed by atoms with E-state index in [0.717, 1.165) is 5.56 Å². The number of piperidine rings is 1. The molecular weight excluding hydrogens is 380 g/mol. The lowest BCUT2D eigenvalue weighted by atomic mass is 9.90. The summed E-state index contributed by atoms with van der Waals surface area (Å²) in [7, 11) is 1.85. The van der Waals surface area contributed by atoms with Crippen molar-refractivity contribution in [2.24, 2.45) is 18.7 Å². The SMILES string of the molecule is Cn1cc(CCC(=O)N2CC[C@H](Oc3cccc(Cl)c3)[C@@H](CC(N)=O)C2)cn1. The van der Waals surface area contributed by atoms with Crippen LogP contribution in [-0.4, -0.2) is 45.7 Å². The maximum absolute atomic E-state index is 12.6. The van der Waals surface area contributed by atoms with Gasteiger partial charge in [0.1, 0.15) is 11.9 Å². The zero-order valence-corrected chi connectivity index (χ0v) is 16.6. The molecule has 2 amide bonds. The number of nitrogens with zero attached hydrogens (tertiary/aromatic N) is 3. The maximum atomic E-state index is 12.6. The summed E-state index contributed by atoms with van der Waals surface area (Å²) in [6.07, 6.45) is 5.37. The van der Waals surface area contributed by atoms with Gasteiger partial charge >= 0.3 is 0 Å². The fourth-order valence-electron chi connectivity index (χ4n) is 3.57. The van der Waals surface area contributed by atoms with Crippen LogP contribution in [0.3, 0.4) is 0 Å². The van der Waals surface area contributed by atoms with Crippen LogP contribution in [0.25, 0.3) is 0 Å². The van der Waals surface area contributed by atoms with E-state index in [4.69, 9.17) is 22.1 Å². The van der Waals surface area contributed by atoms with Crippen LogP contribution in [0.2, 0.25) is 5.02 Å². The molecule has 0 aliphatic carbocycles. The standard InChI is InChI=1S/C20H25ClN4O3/c1-24-12-14(11-23-24)5-6-20(27)25-8-7-18(15(13-25)9-19(22)26)28-17-4-2-3-16(21)10-17/h2-4,10-12,15,18H,5-9,13H2,1H3,(H2,22,26)/t15-,18-/m0/s1. The van der Waals surface area contributed by atoms with Gasteiger partial charge in [-0.05, 0) is 30.2 Å². The number of likely N-dealkylation sites (tertiary alicyclic amines) is 1. The van der Waals surface area contributed by atoms with E-state index in [1.165, 1.54) is 0 Å². The van der Waals surface area contributed by atoms with Crippen LogP contribution in [0.5, 0.6) is 5.75 Å². The number of carbonyl (C=O) groups excluding carboxylic acids is 2. The molecule has 0 saturated carbocycles. The number of primary amides is 1. The number of carbonyl (C=O) groups is 2. The lowest BCUT2D eigenvalue weighted by Crippen LogP contribution is -2.49. The minimum Gasteiger partial charge on any atom is -0.490 e. The zero-order chi connectivity index (χ0) is 20.1. The smallest absolute Gasteiger partial charge is 0.222 e. The van der Waals surface area contributed by atoms with Gasteiger partial charge in [0, 0.05) is 56.5 Å². The molecule has 2 atom stereocenters. The Morgan fingerprint density at radius 3 is 2.89 bits per heavy atom. The molecule has 0 spiro atoms. The lowest BCUT2D eigenvalue weighted by Gasteiger charge is -2.38. The topological polar surface area (TPSA) is 90.5 Å². The van der Waals surface area contributed by atoms with Crippen molar-refractivity contribution in [1.82, 2.24) is 14.7 Å². The van der Waals surface area contributed by atoms with Gasteiger partial charge in [0.05, 0.1) is 6.20 Å². The largest absolute Gasteiger partial charge is 0.490 e. The molecule has 2 aromatic rings. The number of ether oxygens (including phenoxy) is 1. The van der Waals surface area contributed by atoms with Crippen LogP contribution in [0, 0.1) is 5.92 Å². The highest BCUT2D eigenvalue weighted by atomic mass is 35.5. The van der Waals surface area contributed by atoms with E-state index in [0.29, 0.717) is 43.1 Å². The van der Waals surface area contributed by atoms with Crippen LogP contribution < -0.4 is 10.5 Å². The van der Waals surface area contributed by atoms with Gasteiger partial charge < -0.3 is 15.4 Å². The Morgan fingerprint density at radius 1 is 1.39 bits per heavy atom. The van der Waals surface area contributed by atoms with Gasteiger partial charge in [0.2, 0.25) is 11.8 Å². The second-order valence-electron chi connectivity index (χ2n) is 7.19. The molecule has 1 aliphatic heterocycles. The summed E-state index contributed by atoms with van der Waals surface area (Å²) in [6, 6.07) is 7.17. The van der Waals surface area contributed by atoms with Gasteiger partial charge in [-0.2, -0.15) is 5.10 Å². The number of benzene rings is 1. The maximum Gasteiger partial charge on any atom is 0.222 e. The minimum absolute atomic E-state index is 0.0690. The summed E-state index contributed by atoms with van der Waals surface area (Å²) in [5, 5.41) is 4.71. The van der Waals surface area contributed by atoms with Gasteiger partial charge in [-0.1, -0.05) is 17.7 Å². The fraction of sp³-hybridized carbons (Fsp3) is 0.450. The van der Waals surface area contributed by atoms with Crippen LogP contribution in [0.4, 0.5) is 0 Å². The Labute approximate surface area is 169 Å². The van der Waals surface area contributed by atoms with Crippen molar-refractivity contribution in [3.8, 4) is 5.75 Å². The van der Waals surface area contributed by atoms with Gasteiger partial charge in [-0.15, -0.1) is 0 Å². The Balaban J connectivity index is 1.60. The van der Waals surface area contributed by atoms with E-state index >= 15 is 0 Å². The molecular formula is C20H25ClN4O3. The molecule has 7 nitrogen and oxygen atoms in total. The first-order valence-electron chi connectivity index (χ1n) is 9.36. The van der Waals surface area contributed by atoms with Crippen molar-refractivity contribution in [2.75, 3.05) is 13.1 Å². The van der Waals surface area contributed by atoms with Crippen molar-refractivity contribution in [2.45, 2.75) is 31.8 Å². The van der Waals surface area contributed by atoms with Crippen LogP contribution >= 0.6 is 11.6 Å². The molecule has 2 heterocycles. The Bertz CT molecular complexity index is 838. The van der Waals surface area contributed by atoms with Crippen molar-refractivity contribution in [1.29, 1.82) is 0 Å². The van der Waals surface area contributed by atoms with E-state index in [2.05, 4.69) is 5.10 Å². The summed E-state index contributed by atoms with van der Waals surface area (Å²) >= 11 is 6.02. The highest BCUT2D eigenvalue weighted by Gasteiger charge is 2.33. The molecule has 1 aliphatic rings. The number of aromatic nitrogens is 2. The molecule has 28 heavy (non-hydrogen) atoms. The van der Waals surface area contributed by atoms with Gasteiger partial charge in [0.15, 0.2) is 0 Å². The first-order valence-corrected chi connectivity index (χ1v) is 9.74. The second-order valence-corrected chi connectivity index (χ2v) is 7.63. The van der Waals surface area contributed by atoms with Crippen molar-refractivity contribution in [3.63, 3.8) is 0 Å². The number of halogens is 1. The third kappa shape index (κ3) is 5.48. The van der Waals surface area contributed by atoms with Crippen molar-refractivity contribution < 1.29 is 14.3 Å². The molecule has 1 aromatic heterocycles. The molecule has 0 radical (unpaired) electrons. The number of rotatable bonds is 7. The minimum atomic E-state index is -0.394. The number of hydrogen-bond acceptors (Lipinski definition) is 4. The third-order valence-electron chi connectivity index (χ3n) is 4.95. The number of aryl methyl sites for hydroxylation is 2. The van der Waals surface area contributed by atoms with Crippen LogP contribution in [-0.2, 0) is 23.1 Å². The van der Waals surface area contributed by atoms with Crippen molar-refractivity contribution >= 4 is 23.4 Å². The highest BCUT2D eigenvalue weighted by Crippen LogP contribution is 2.27. The number of amides is 2. The van der Waals surface area contributed by atoms with E-state index in [1.807, 2.05) is 30.3 Å². The van der Waals surface area contributed by atoms with Gasteiger partial charge in [-0.25, -0.2) is 0 Å². The average Bonchev–Trinajstić information content (AvgIpc) is 3.06. The number of nitrogens with two attached hydrogens (primary N) is 1. The first-order chi connectivity index (χ1) is 13.4. The quantitative estimate of drug-likeness (QED) is 0.765. The lowest BCUT2D eigenvalue weighted by molar-refractivity contribution is -0.136. The molecule has 1 saturated heterocycles. The number of hydrogen-bond donors (Lipinski definition) is 1. The van der Waals surface area contributed by atoms with Gasteiger partial charge in [-0.3, -0.25) is 14.3 Å². The molecule has 2 N–H and O–H groups in total. The molecule has 0 unspecified atom stereocenters. The predicted octanol–water partition coefficient (Wildman–Crippen LogP) is 2.18. The van der Waals surface area contributed by atoms with Crippen LogP contribution in [0.1, 0.15) is 24.8 Å². The Morgan fingerprint density at radius 2 is 2.21 bits per heavy atom. The normalized spacial score (nSPS) is 19.4. The molecule has 1 aromatic carbocycles. The summed E-state index contributed by atoms with van der Waals surface area (Å²) in [5.74, 6) is 0.185. The monoisotopic (exact) mass is 404 g/mol. The summed E-state index contributed by atoms with van der Waals surface area (Å²) in [5.41, 5.74) is 6.46. The predicted molar refractivity (Wildman–Crippen MR) is 106 cm³/mol. The Kier molecular flexibility index (Phi) is 6.57. The van der Waals surface area contributed by atoms with E-state index in [9.17, 15) is 9.59 Å². The molecule has 150 valence electrons. The summed E-state index contributed by atoms with van der Waals surface area (Å²) in [4.78, 5) is 26.0. The zero-order valence-electron chi connectivity index (χ0n) is 15.9. The van der Waals surface area contributed by atoms with E-state index in [-0.39, 0.29) is 24.3 Å². The molecule has 8 heteroatoms. The fourth-order valence-corrected chi connectivity index (χ4v) is 3.75. The van der Waals surface area contributed by atoms with Crippen LogP contribution in [0.15, 0.2) is 36.7 Å². The summed E-state index contributed by atoms with van der Waals surface area (Å²) in [6.45, 7) is 1.05. The molecule has 0 bridgehead atoms. The Hall–Kier alpha value is -2.54. The molecule has 1 fully saturated rings. The second kappa shape index (κ2) is 9.10. The van der Waals surface area contributed by atoms with E-state index in [1.54, 1.807) is 23.0 Å². The molecule has 3 rings (SSSR count). The van der Waals surface area contributed by atoms with Gasteiger partial charge in [0.25, 0.3) is 0 Å². The van der Waals surface area contributed by atoms with E-state index < -0.39 is 5.91 Å². The average molecular weight is 405 g/mol. The third-order valence-corrected chi connectivity index (χ3v) is 5.18. The highest BCUT2D eigenvalue weighted by molar-refractivity contribution is 6.30.